The standard InChI is InChI=1S/C12H18N4O2/c1-9-6-10(16(17)18)11(14-7-9)15-5-4-13-8-12(15,2)3/h6-7,13H,4-5,8H2,1-3H3. The Bertz CT molecular complexity index is 473. The number of nitrogens with one attached hydrogen (secondary N) is 1. The van der Waals surface area contributed by atoms with E-state index in [1.165, 1.54) is 0 Å². The van der Waals surface area contributed by atoms with Crippen LogP contribution in [0.5, 0.6) is 0 Å². The molecule has 6 heteroatoms. The van der Waals surface area contributed by atoms with Gasteiger partial charge in [0.05, 0.1) is 4.92 Å². The van der Waals surface area contributed by atoms with E-state index in [2.05, 4.69) is 24.1 Å². The first-order valence-corrected chi connectivity index (χ1v) is 6.01. The highest BCUT2D eigenvalue weighted by atomic mass is 16.6. The second kappa shape index (κ2) is 4.53. The Labute approximate surface area is 106 Å². The van der Waals surface area contributed by atoms with Crippen LogP contribution in [-0.4, -0.2) is 35.1 Å². The van der Waals surface area contributed by atoms with E-state index in [1.807, 2.05) is 11.8 Å². The summed E-state index contributed by atoms with van der Waals surface area (Å²) in [6, 6.07) is 1.58. The molecule has 1 aliphatic rings. The van der Waals surface area contributed by atoms with E-state index in [-0.39, 0.29) is 16.1 Å². The molecule has 6 nitrogen and oxygen atoms in total. The van der Waals surface area contributed by atoms with Gasteiger partial charge in [0, 0.05) is 37.4 Å². The SMILES string of the molecule is Cc1cnc(N2CCNCC2(C)C)c([N+](=O)[O-])c1. The lowest BCUT2D eigenvalue weighted by atomic mass is 10.00. The second-order valence-corrected chi connectivity index (χ2v) is 5.25. The summed E-state index contributed by atoms with van der Waals surface area (Å²) in [5.41, 5.74) is 0.717. The van der Waals surface area contributed by atoms with Gasteiger partial charge >= 0.3 is 5.69 Å². The van der Waals surface area contributed by atoms with Crippen molar-refractivity contribution in [2.24, 2.45) is 0 Å². The summed E-state index contributed by atoms with van der Waals surface area (Å²) in [5.74, 6) is 0.470. The summed E-state index contributed by atoms with van der Waals surface area (Å²) in [6.07, 6.45) is 1.68. The van der Waals surface area contributed by atoms with Gasteiger partial charge in [0.25, 0.3) is 0 Å². The van der Waals surface area contributed by atoms with E-state index in [9.17, 15) is 10.1 Å². The van der Waals surface area contributed by atoms with Gasteiger partial charge in [0.2, 0.25) is 5.82 Å². The Morgan fingerprint density at radius 2 is 2.28 bits per heavy atom. The van der Waals surface area contributed by atoms with Crippen LogP contribution in [0.4, 0.5) is 11.5 Å². The molecule has 0 atom stereocenters. The van der Waals surface area contributed by atoms with Gasteiger partial charge in [-0.05, 0) is 26.3 Å². The van der Waals surface area contributed by atoms with Gasteiger partial charge in [-0.1, -0.05) is 0 Å². The molecular weight excluding hydrogens is 232 g/mol. The van der Waals surface area contributed by atoms with E-state index in [1.54, 1.807) is 12.3 Å². The molecule has 1 aromatic heterocycles. The molecule has 0 amide bonds. The summed E-state index contributed by atoms with van der Waals surface area (Å²) in [6.45, 7) is 8.27. The third kappa shape index (κ3) is 2.28. The van der Waals surface area contributed by atoms with E-state index in [0.29, 0.717) is 5.82 Å². The van der Waals surface area contributed by atoms with Gasteiger partial charge in [-0.15, -0.1) is 0 Å². The predicted molar refractivity (Wildman–Crippen MR) is 69.9 cm³/mol. The van der Waals surface area contributed by atoms with Gasteiger partial charge in [-0.3, -0.25) is 10.1 Å². The Morgan fingerprint density at radius 3 is 2.89 bits per heavy atom. The highest BCUT2D eigenvalue weighted by molar-refractivity contribution is 5.60. The van der Waals surface area contributed by atoms with Crippen LogP contribution in [-0.2, 0) is 0 Å². The number of aryl methyl sites for hydroxylation is 1. The van der Waals surface area contributed by atoms with Crippen molar-refractivity contribution >= 4 is 11.5 Å². The van der Waals surface area contributed by atoms with Gasteiger partial charge < -0.3 is 10.2 Å². The van der Waals surface area contributed by atoms with Crippen LogP contribution in [0.2, 0.25) is 0 Å². The summed E-state index contributed by atoms with van der Waals surface area (Å²) < 4.78 is 0. The number of hydrogen-bond donors (Lipinski definition) is 1. The number of nitro groups is 1. The highest BCUT2D eigenvalue weighted by Gasteiger charge is 2.34. The zero-order valence-corrected chi connectivity index (χ0v) is 10.9. The van der Waals surface area contributed by atoms with Crippen LogP contribution < -0.4 is 10.2 Å². The van der Waals surface area contributed by atoms with E-state index in [0.717, 1.165) is 25.2 Å². The molecule has 1 fully saturated rings. The number of piperazine rings is 1. The van der Waals surface area contributed by atoms with Crippen LogP contribution in [0.3, 0.4) is 0 Å². The van der Waals surface area contributed by atoms with Crippen LogP contribution in [0, 0.1) is 17.0 Å². The Kier molecular flexibility index (Phi) is 3.21. The summed E-state index contributed by atoms with van der Waals surface area (Å²) in [5, 5.41) is 14.4. The summed E-state index contributed by atoms with van der Waals surface area (Å²) in [4.78, 5) is 17.1. The van der Waals surface area contributed by atoms with E-state index >= 15 is 0 Å². The van der Waals surface area contributed by atoms with Crippen LogP contribution in [0.25, 0.3) is 0 Å². The molecule has 1 N–H and O–H groups in total. The first-order valence-electron chi connectivity index (χ1n) is 6.01. The predicted octanol–water partition coefficient (Wildman–Crippen LogP) is 1.49. The van der Waals surface area contributed by atoms with Gasteiger partial charge in [0.1, 0.15) is 0 Å². The van der Waals surface area contributed by atoms with Gasteiger partial charge in [-0.2, -0.15) is 0 Å². The highest BCUT2D eigenvalue weighted by Crippen LogP contribution is 2.31. The third-order valence-corrected chi connectivity index (χ3v) is 3.24. The van der Waals surface area contributed by atoms with E-state index < -0.39 is 0 Å². The van der Waals surface area contributed by atoms with Gasteiger partial charge in [0.15, 0.2) is 0 Å². The van der Waals surface area contributed by atoms with Gasteiger partial charge in [-0.25, -0.2) is 4.98 Å². The minimum absolute atomic E-state index is 0.0879. The summed E-state index contributed by atoms with van der Waals surface area (Å²) in [7, 11) is 0. The summed E-state index contributed by atoms with van der Waals surface area (Å²) >= 11 is 0. The number of aromatic nitrogens is 1. The fourth-order valence-electron chi connectivity index (χ4n) is 2.26. The van der Waals surface area contributed by atoms with E-state index in [4.69, 9.17) is 0 Å². The Hall–Kier alpha value is -1.69. The number of rotatable bonds is 2. The molecule has 0 saturated carbocycles. The smallest absolute Gasteiger partial charge is 0.311 e. The largest absolute Gasteiger partial charge is 0.343 e. The second-order valence-electron chi connectivity index (χ2n) is 5.25. The average molecular weight is 250 g/mol. The molecule has 1 aromatic rings. The molecule has 1 aliphatic heterocycles. The number of pyridine rings is 1. The molecule has 1 saturated heterocycles. The molecule has 18 heavy (non-hydrogen) atoms. The van der Waals surface area contributed by atoms with Crippen molar-refractivity contribution in [1.29, 1.82) is 0 Å². The number of hydrogen-bond acceptors (Lipinski definition) is 5. The van der Waals surface area contributed by atoms with Crippen molar-refractivity contribution in [2.75, 3.05) is 24.5 Å². The molecule has 0 radical (unpaired) electrons. The molecule has 0 aromatic carbocycles. The van der Waals surface area contributed by atoms with Crippen molar-refractivity contribution in [3.8, 4) is 0 Å². The lowest BCUT2D eigenvalue weighted by Gasteiger charge is -2.43. The van der Waals surface area contributed by atoms with Crippen LogP contribution in [0.15, 0.2) is 12.3 Å². The maximum absolute atomic E-state index is 11.2. The number of nitrogens with zero attached hydrogens (tertiary/aromatic N) is 3. The molecule has 2 rings (SSSR count). The Morgan fingerprint density at radius 1 is 1.56 bits per heavy atom. The fourth-order valence-corrected chi connectivity index (χ4v) is 2.26. The van der Waals surface area contributed by atoms with Crippen molar-refractivity contribution < 1.29 is 4.92 Å². The molecule has 0 bridgehead atoms. The van der Waals surface area contributed by atoms with Crippen molar-refractivity contribution in [1.82, 2.24) is 10.3 Å². The monoisotopic (exact) mass is 250 g/mol. The van der Waals surface area contributed by atoms with Crippen molar-refractivity contribution in [2.45, 2.75) is 26.3 Å². The Balaban J connectivity index is 2.46. The lowest BCUT2D eigenvalue weighted by Crippen LogP contribution is -2.58. The molecule has 0 spiro atoms. The lowest BCUT2D eigenvalue weighted by molar-refractivity contribution is -0.384. The maximum Gasteiger partial charge on any atom is 0.311 e. The van der Waals surface area contributed by atoms with Crippen LogP contribution >= 0.6 is 0 Å². The number of anilines is 1. The zero-order valence-electron chi connectivity index (χ0n) is 10.9. The average Bonchev–Trinajstić information content (AvgIpc) is 2.29. The molecule has 98 valence electrons. The van der Waals surface area contributed by atoms with Crippen molar-refractivity contribution in [3.63, 3.8) is 0 Å². The normalized spacial score (nSPS) is 18.7. The van der Waals surface area contributed by atoms with Crippen molar-refractivity contribution in [3.05, 3.63) is 27.9 Å². The minimum Gasteiger partial charge on any atom is -0.343 e. The first kappa shape index (κ1) is 12.8. The van der Waals surface area contributed by atoms with Crippen LogP contribution in [0.1, 0.15) is 19.4 Å². The molecule has 0 aliphatic carbocycles. The first-order chi connectivity index (χ1) is 8.42. The maximum atomic E-state index is 11.2. The molecule has 2 heterocycles. The molecular formula is C12H18N4O2. The fraction of sp³-hybridized carbons (Fsp3) is 0.583. The molecule has 0 unspecified atom stereocenters. The third-order valence-electron chi connectivity index (χ3n) is 3.24. The zero-order chi connectivity index (χ0) is 13.3. The minimum atomic E-state index is -0.354. The quantitative estimate of drug-likeness (QED) is 0.636. The topological polar surface area (TPSA) is 71.3 Å².